The molecule has 0 bridgehead atoms. The summed E-state index contributed by atoms with van der Waals surface area (Å²) in [6.45, 7) is 7.84. The number of ether oxygens (including phenoxy) is 1. The molecule has 10 heteroatoms. The Morgan fingerprint density at radius 3 is 2.68 bits per heavy atom. The van der Waals surface area contributed by atoms with Gasteiger partial charge in [0.25, 0.3) is 5.91 Å². The molecule has 0 saturated carbocycles. The second-order valence-corrected chi connectivity index (χ2v) is 8.41. The molecule has 0 spiro atoms. The van der Waals surface area contributed by atoms with E-state index in [0.717, 1.165) is 30.7 Å². The van der Waals surface area contributed by atoms with Crippen LogP contribution in [0.25, 0.3) is 11.0 Å². The number of aromatic nitrogens is 4. The molecule has 0 aliphatic carbocycles. The number of nitrogens with zero attached hydrogens (tertiary/aromatic N) is 5. The van der Waals surface area contributed by atoms with Crippen LogP contribution in [-0.2, 0) is 13.3 Å². The SMILES string of the molecule is CCN(CC)CCn1c(NC(=O)c2ccn(COc3cccc(Cl)c3Cl)n2)nc2ccccc21. The van der Waals surface area contributed by atoms with E-state index < -0.39 is 0 Å². The van der Waals surface area contributed by atoms with Crippen molar-refractivity contribution in [2.45, 2.75) is 27.1 Å². The molecule has 0 atom stereocenters. The molecule has 0 saturated heterocycles. The van der Waals surface area contributed by atoms with Crippen LogP contribution in [0.1, 0.15) is 24.3 Å². The molecule has 0 radical (unpaired) electrons. The molecule has 0 aliphatic rings. The average molecular weight is 501 g/mol. The van der Waals surface area contributed by atoms with Crippen molar-refractivity contribution in [1.29, 1.82) is 0 Å². The first kappa shape index (κ1) is 24.1. The number of halogens is 2. The highest BCUT2D eigenvalue weighted by atomic mass is 35.5. The molecule has 4 rings (SSSR count). The lowest BCUT2D eigenvalue weighted by Crippen LogP contribution is -2.27. The predicted octanol–water partition coefficient (Wildman–Crippen LogP) is 5.17. The summed E-state index contributed by atoms with van der Waals surface area (Å²) in [4.78, 5) is 19.9. The summed E-state index contributed by atoms with van der Waals surface area (Å²) in [5.41, 5.74) is 2.06. The number of imidazole rings is 1. The number of likely N-dealkylation sites (N-methyl/N-ethyl adjacent to an activating group) is 1. The maximum absolute atomic E-state index is 12.9. The lowest BCUT2D eigenvalue weighted by atomic mass is 10.3. The van der Waals surface area contributed by atoms with Gasteiger partial charge in [-0.2, -0.15) is 5.10 Å². The zero-order chi connectivity index (χ0) is 24.1. The van der Waals surface area contributed by atoms with Crippen LogP contribution in [0.5, 0.6) is 5.75 Å². The van der Waals surface area contributed by atoms with Gasteiger partial charge in [0.2, 0.25) is 5.95 Å². The van der Waals surface area contributed by atoms with Crippen molar-refractivity contribution in [2.75, 3.05) is 25.0 Å². The number of anilines is 1. The van der Waals surface area contributed by atoms with Crippen molar-refractivity contribution in [3.05, 3.63) is 70.5 Å². The topological polar surface area (TPSA) is 77.2 Å². The summed E-state index contributed by atoms with van der Waals surface area (Å²) in [5, 5.41) is 7.97. The van der Waals surface area contributed by atoms with Crippen molar-refractivity contribution < 1.29 is 9.53 Å². The van der Waals surface area contributed by atoms with Gasteiger partial charge < -0.3 is 14.2 Å². The van der Waals surface area contributed by atoms with E-state index in [1.807, 2.05) is 28.8 Å². The Balaban J connectivity index is 1.47. The Bertz CT molecular complexity index is 1280. The van der Waals surface area contributed by atoms with Crippen molar-refractivity contribution >= 4 is 46.1 Å². The number of amides is 1. The zero-order valence-electron chi connectivity index (χ0n) is 19.0. The molecule has 2 aromatic carbocycles. The van der Waals surface area contributed by atoms with Gasteiger partial charge in [-0.25, -0.2) is 9.67 Å². The molecule has 2 aromatic heterocycles. The van der Waals surface area contributed by atoms with Crippen LogP contribution in [-0.4, -0.2) is 49.8 Å². The number of carbonyl (C=O) groups excluding carboxylic acids is 1. The molecule has 2 heterocycles. The molecule has 4 aromatic rings. The van der Waals surface area contributed by atoms with Gasteiger partial charge >= 0.3 is 0 Å². The summed E-state index contributed by atoms with van der Waals surface area (Å²) in [6, 6.07) is 14.6. The van der Waals surface area contributed by atoms with Gasteiger partial charge in [0, 0.05) is 19.3 Å². The lowest BCUT2D eigenvalue weighted by Gasteiger charge is -2.19. The van der Waals surface area contributed by atoms with Crippen molar-refractivity contribution in [1.82, 2.24) is 24.2 Å². The summed E-state index contributed by atoms with van der Waals surface area (Å²) < 4.78 is 9.22. The van der Waals surface area contributed by atoms with Gasteiger partial charge in [0.15, 0.2) is 12.4 Å². The summed E-state index contributed by atoms with van der Waals surface area (Å²) in [7, 11) is 0. The smallest absolute Gasteiger partial charge is 0.278 e. The van der Waals surface area contributed by atoms with Crippen molar-refractivity contribution in [2.24, 2.45) is 0 Å². The number of carbonyl (C=O) groups is 1. The number of rotatable bonds is 10. The minimum absolute atomic E-state index is 0.0791. The molecule has 0 unspecified atom stereocenters. The van der Waals surface area contributed by atoms with Crippen LogP contribution in [0, 0.1) is 0 Å². The highest BCUT2D eigenvalue weighted by molar-refractivity contribution is 6.42. The van der Waals surface area contributed by atoms with Crippen LogP contribution >= 0.6 is 23.2 Å². The number of nitrogens with one attached hydrogen (secondary N) is 1. The lowest BCUT2D eigenvalue weighted by molar-refractivity contribution is 0.101. The van der Waals surface area contributed by atoms with Crippen LogP contribution in [0.4, 0.5) is 5.95 Å². The van der Waals surface area contributed by atoms with E-state index in [0.29, 0.717) is 28.3 Å². The zero-order valence-corrected chi connectivity index (χ0v) is 20.6. The highest BCUT2D eigenvalue weighted by Crippen LogP contribution is 2.31. The molecule has 34 heavy (non-hydrogen) atoms. The number of hydrogen-bond donors (Lipinski definition) is 1. The number of benzene rings is 2. The molecule has 0 aliphatic heterocycles. The number of para-hydroxylation sites is 2. The van der Waals surface area contributed by atoms with Crippen LogP contribution in [0.3, 0.4) is 0 Å². The third kappa shape index (κ3) is 5.35. The fourth-order valence-electron chi connectivity index (χ4n) is 3.63. The van der Waals surface area contributed by atoms with E-state index in [-0.39, 0.29) is 18.3 Å². The van der Waals surface area contributed by atoms with Crippen molar-refractivity contribution in [3.63, 3.8) is 0 Å². The third-order valence-electron chi connectivity index (χ3n) is 5.56. The average Bonchev–Trinajstić information content (AvgIpc) is 3.45. The Morgan fingerprint density at radius 2 is 1.88 bits per heavy atom. The molecular formula is C24H26Cl2N6O2. The van der Waals surface area contributed by atoms with Crippen LogP contribution in [0.15, 0.2) is 54.7 Å². The van der Waals surface area contributed by atoms with Crippen LogP contribution in [0.2, 0.25) is 10.0 Å². The van der Waals surface area contributed by atoms with E-state index in [1.54, 1.807) is 30.5 Å². The Labute approximate surface area is 208 Å². The van der Waals surface area contributed by atoms with Gasteiger partial charge in [0.1, 0.15) is 10.8 Å². The van der Waals surface area contributed by atoms with E-state index in [2.05, 4.69) is 34.1 Å². The predicted molar refractivity (Wildman–Crippen MR) is 135 cm³/mol. The molecule has 0 fully saturated rings. The van der Waals surface area contributed by atoms with Gasteiger partial charge in [0.05, 0.1) is 16.1 Å². The first-order chi connectivity index (χ1) is 16.5. The normalized spacial score (nSPS) is 11.3. The van der Waals surface area contributed by atoms with E-state index in [1.165, 1.54) is 4.68 Å². The fourth-order valence-corrected chi connectivity index (χ4v) is 3.98. The number of fused-ring (bicyclic) bond motifs is 1. The maximum Gasteiger partial charge on any atom is 0.278 e. The first-order valence-electron chi connectivity index (χ1n) is 11.1. The quantitative estimate of drug-likeness (QED) is 0.325. The summed E-state index contributed by atoms with van der Waals surface area (Å²) >= 11 is 12.2. The molecule has 8 nitrogen and oxygen atoms in total. The standard InChI is InChI=1S/C24H26Cl2N6O2/c1-3-30(4-2)14-15-32-20-10-6-5-9-18(20)27-24(32)28-23(33)19-12-13-31(29-19)16-34-21-11-7-8-17(25)22(21)26/h5-13H,3-4,14-16H2,1-2H3,(H,27,28,33). The van der Waals surface area contributed by atoms with Crippen LogP contribution < -0.4 is 10.1 Å². The minimum atomic E-state index is -0.348. The highest BCUT2D eigenvalue weighted by Gasteiger charge is 2.17. The van der Waals surface area contributed by atoms with Gasteiger partial charge in [-0.05, 0) is 43.4 Å². The van der Waals surface area contributed by atoms with E-state index >= 15 is 0 Å². The fraction of sp³-hybridized carbons (Fsp3) is 0.292. The molecule has 178 valence electrons. The largest absolute Gasteiger partial charge is 0.470 e. The van der Waals surface area contributed by atoms with Crippen molar-refractivity contribution in [3.8, 4) is 5.75 Å². The Morgan fingerprint density at radius 1 is 1.09 bits per heavy atom. The first-order valence-corrected chi connectivity index (χ1v) is 11.8. The second-order valence-electron chi connectivity index (χ2n) is 7.62. The van der Waals surface area contributed by atoms with Gasteiger partial charge in [-0.3, -0.25) is 10.1 Å². The molecule has 1 N–H and O–H groups in total. The Hall–Kier alpha value is -3.07. The summed E-state index contributed by atoms with van der Waals surface area (Å²) in [5.74, 6) is 0.589. The number of hydrogen-bond acceptors (Lipinski definition) is 5. The van der Waals surface area contributed by atoms with E-state index in [4.69, 9.17) is 27.9 Å². The maximum atomic E-state index is 12.9. The Kier molecular flexibility index (Phi) is 7.72. The monoisotopic (exact) mass is 500 g/mol. The van der Waals surface area contributed by atoms with Gasteiger partial charge in [-0.1, -0.05) is 55.2 Å². The summed E-state index contributed by atoms with van der Waals surface area (Å²) in [6.07, 6.45) is 1.66. The molecule has 1 amide bonds. The minimum Gasteiger partial charge on any atom is -0.470 e. The second kappa shape index (κ2) is 10.9. The van der Waals surface area contributed by atoms with E-state index in [9.17, 15) is 4.79 Å². The molecular weight excluding hydrogens is 475 g/mol. The third-order valence-corrected chi connectivity index (χ3v) is 6.36. The van der Waals surface area contributed by atoms with Gasteiger partial charge in [-0.15, -0.1) is 0 Å².